The highest BCUT2D eigenvalue weighted by Gasteiger charge is 2.25. The molecule has 0 aliphatic carbocycles. The first kappa shape index (κ1) is 17.5. The molecule has 3 heteroatoms. The first-order valence-electron chi connectivity index (χ1n) is 8.59. The second-order valence-corrected chi connectivity index (χ2v) is 6.63. The number of carbonyl (C=O) groups excluding carboxylic acids is 1. The summed E-state index contributed by atoms with van der Waals surface area (Å²) >= 11 is 0. The fourth-order valence-corrected chi connectivity index (χ4v) is 3.06. The average Bonchev–Trinajstić information content (AvgIpc) is 2.58. The fourth-order valence-electron chi connectivity index (χ4n) is 3.06. The summed E-state index contributed by atoms with van der Waals surface area (Å²) in [5.74, 6) is 1.70. The van der Waals surface area contributed by atoms with Crippen LogP contribution in [0.15, 0.2) is 0 Å². The van der Waals surface area contributed by atoms with Crippen molar-refractivity contribution >= 4 is 5.91 Å². The molecule has 1 amide bonds. The van der Waals surface area contributed by atoms with Gasteiger partial charge in [-0.1, -0.05) is 40.5 Å². The Labute approximate surface area is 125 Å². The van der Waals surface area contributed by atoms with Gasteiger partial charge in [-0.05, 0) is 37.6 Å². The predicted molar refractivity (Wildman–Crippen MR) is 85.7 cm³/mol. The Hall–Kier alpha value is -0.570. The van der Waals surface area contributed by atoms with Crippen LogP contribution in [0.5, 0.6) is 0 Å². The SMILES string of the molecule is CCCNC(CN1CCC(CCC)CCC1=O)C(C)C. The van der Waals surface area contributed by atoms with Crippen molar-refractivity contribution in [3.63, 3.8) is 0 Å². The number of nitrogens with one attached hydrogen (secondary N) is 1. The van der Waals surface area contributed by atoms with Gasteiger partial charge in [0.2, 0.25) is 5.91 Å². The third-order valence-corrected chi connectivity index (χ3v) is 4.50. The highest BCUT2D eigenvalue weighted by atomic mass is 16.2. The van der Waals surface area contributed by atoms with Crippen LogP contribution in [0.3, 0.4) is 0 Å². The summed E-state index contributed by atoms with van der Waals surface area (Å²) in [5, 5.41) is 3.60. The Kier molecular flexibility index (Phi) is 8.20. The second kappa shape index (κ2) is 9.38. The number of rotatable bonds is 8. The highest BCUT2D eigenvalue weighted by molar-refractivity contribution is 5.76. The molecule has 1 N–H and O–H groups in total. The van der Waals surface area contributed by atoms with E-state index in [0.29, 0.717) is 17.9 Å². The number of amides is 1. The minimum absolute atomic E-state index is 0.368. The summed E-state index contributed by atoms with van der Waals surface area (Å²) in [6.07, 6.45) is 6.71. The standard InChI is InChI=1S/C17H34N2O/c1-5-7-15-8-9-17(20)19(12-10-15)13-16(14(3)4)18-11-6-2/h14-16,18H,5-13H2,1-4H3. The van der Waals surface area contributed by atoms with Crippen LogP contribution in [0.4, 0.5) is 0 Å². The van der Waals surface area contributed by atoms with E-state index in [9.17, 15) is 4.79 Å². The summed E-state index contributed by atoms with van der Waals surface area (Å²) in [7, 11) is 0. The number of hydrogen-bond acceptors (Lipinski definition) is 2. The maximum Gasteiger partial charge on any atom is 0.222 e. The molecule has 20 heavy (non-hydrogen) atoms. The van der Waals surface area contributed by atoms with Crippen LogP contribution in [-0.2, 0) is 4.79 Å². The van der Waals surface area contributed by atoms with E-state index < -0.39 is 0 Å². The molecular weight excluding hydrogens is 248 g/mol. The van der Waals surface area contributed by atoms with Crippen LogP contribution in [0.25, 0.3) is 0 Å². The van der Waals surface area contributed by atoms with E-state index >= 15 is 0 Å². The normalized spacial score (nSPS) is 22.1. The first-order chi connectivity index (χ1) is 9.58. The largest absolute Gasteiger partial charge is 0.341 e. The molecule has 1 heterocycles. The fraction of sp³-hybridized carbons (Fsp3) is 0.941. The molecule has 3 nitrogen and oxygen atoms in total. The second-order valence-electron chi connectivity index (χ2n) is 6.63. The molecule has 1 fully saturated rings. The highest BCUT2D eigenvalue weighted by Crippen LogP contribution is 2.23. The zero-order valence-electron chi connectivity index (χ0n) is 14.0. The number of hydrogen-bond donors (Lipinski definition) is 1. The van der Waals surface area contributed by atoms with Gasteiger partial charge in [0.15, 0.2) is 0 Å². The van der Waals surface area contributed by atoms with Crippen LogP contribution in [0, 0.1) is 11.8 Å². The van der Waals surface area contributed by atoms with Crippen molar-refractivity contribution in [3.05, 3.63) is 0 Å². The molecule has 0 aromatic heterocycles. The molecule has 1 saturated heterocycles. The van der Waals surface area contributed by atoms with E-state index in [4.69, 9.17) is 0 Å². The van der Waals surface area contributed by atoms with E-state index in [1.54, 1.807) is 0 Å². The van der Waals surface area contributed by atoms with E-state index in [1.807, 2.05) is 0 Å². The average molecular weight is 282 g/mol. The van der Waals surface area contributed by atoms with Gasteiger partial charge in [-0.2, -0.15) is 0 Å². The van der Waals surface area contributed by atoms with E-state index in [-0.39, 0.29) is 0 Å². The Morgan fingerprint density at radius 2 is 2.00 bits per heavy atom. The molecule has 1 rings (SSSR count). The zero-order valence-corrected chi connectivity index (χ0v) is 14.0. The van der Waals surface area contributed by atoms with Gasteiger partial charge in [0.05, 0.1) is 0 Å². The molecule has 0 aromatic rings. The lowest BCUT2D eigenvalue weighted by Gasteiger charge is -2.30. The quantitative estimate of drug-likeness (QED) is 0.739. The van der Waals surface area contributed by atoms with E-state index in [0.717, 1.165) is 44.8 Å². The van der Waals surface area contributed by atoms with Gasteiger partial charge in [-0.3, -0.25) is 4.79 Å². The van der Waals surface area contributed by atoms with Gasteiger partial charge in [0, 0.05) is 25.6 Å². The molecule has 2 unspecified atom stereocenters. The maximum atomic E-state index is 12.3. The molecule has 0 aromatic carbocycles. The molecular formula is C17H34N2O. The van der Waals surface area contributed by atoms with Gasteiger partial charge < -0.3 is 10.2 Å². The summed E-state index contributed by atoms with van der Waals surface area (Å²) in [5.41, 5.74) is 0. The minimum Gasteiger partial charge on any atom is -0.341 e. The lowest BCUT2D eigenvalue weighted by molar-refractivity contribution is -0.131. The van der Waals surface area contributed by atoms with Gasteiger partial charge >= 0.3 is 0 Å². The molecule has 1 aliphatic rings. The van der Waals surface area contributed by atoms with Crippen LogP contribution in [0.1, 0.15) is 66.2 Å². The molecule has 0 bridgehead atoms. The molecule has 118 valence electrons. The van der Waals surface area contributed by atoms with E-state index in [1.165, 1.54) is 19.3 Å². The number of likely N-dealkylation sites (tertiary alicyclic amines) is 1. The summed E-state index contributed by atoms with van der Waals surface area (Å²) in [6.45, 7) is 11.8. The predicted octanol–water partition coefficient (Wildman–Crippen LogP) is 3.44. The Morgan fingerprint density at radius 3 is 2.60 bits per heavy atom. The zero-order chi connectivity index (χ0) is 15.0. The summed E-state index contributed by atoms with van der Waals surface area (Å²) < 4.78 is 0. The maximum absolute atomic E-state index is 12.3. The Bertz CT molecular complexity index is 278. The van der Waals surface area contributed by atoms with E-state index in [2.05, 4.69) is 37.9 Å². The van der Waals surface area contributed by atoms with Crippen molar-refractivity contribution < 1.29 is 4.79 Å². The van der Waals surface area contributed by atoms with Gasteiger partial charge in [-0.25, -0.2) is 0 Å². The van der Waals surface area contributed by atoms with Crippen molar-refractivity contribution in [2.45, 2.75) is 72.3 Å². The monoisotopic (exact) mass is 282 g/mol. The molecule has 1 aliphatic heterocycles. The minimum atomic E-state index is 0.368. The van der Waals surface area contributed by atoms with Gasteiger partial charge in [0.1, 0.15) is 0 Å². The molecule has 0 radical (unpaired) electrons. The number of carbonyl (C=O) groups is 1. The molecule has 0 spiro atoms. The topological polar surface area (TPSA) is 32.3 Å². The summed E-state index contributed by atoms with van der Waals surface area (Å²) in [4.78, 5) is 14.4. The van der Waals surface area contributed by atoms with Crippen LogP contribution < -0.4 is 5.32 Å². The van der Waals surface area contributed by atoms with Crippen molar-refractivity contribution in [2.24, 2.45) is 11.8 Å². The lowest BCUT2D eigenvalue weighted by atomic mass is 9.96. The van der Waals surface area contributed by atoms with Gasteiger partial charge in [-0.15, -0.1) is 0 Å². The van der Waals surface area contributed by atoms with Crippen molar-refractivity contribution in [2.75, 3.05) is 19.6 Å². The summed E-state index contributed by atoms with van der Waals surface area (Å²) in [6, 6.07) is 0.432. The third kappa shape index (κ3) is 5.82. The Morgan fingerprint density at radius 1 is 1.25 bits per heavy atom. The van der Waals surface area contributed by atoms with Crippen LogP contribution in [0.2, 0.25) is 0 Å². The van der Waals surface area contributed by atoms with Crippen molar-refractivity contribution in [3.8, 4) is 0 Å². The Balaban J connectivity index is 2.52. The van der Waals surface area contributed by atoms with Gasteiger partial charge in [0.25, 0.3) is 0 Å². The first-order valence-corrected chi connectivity index (χ1v) is 8.59. The molecule has 0 saturated carbocycles. The number of nitrogens with zero attached hydrogens (tertiary/aromatic N) is 1. The van der Waals surface area contributed by atoms with Crippen molar-refractivity contribution in [1.82, 2.24) is 10.2 Å². The lowest BCUT2D eigenvalue weighted by Crippen LogP contribution is -2.46. The smallest absolute Gasteiger partial charge is 0.222 e. The molecule has 2 atom stereocenters. The van der Waals surface area contributed by atoms with Crippen molar-refractivity contribution in [1.29, 1.82) is 0 Å². The van der Waals surface area contributed by atoms with Crippen LogP contribution in [-0.4, -0.2) is 36.5 Å². The third-order valence-electron chi connectivity index (χ3n) is 4.50. The van der Waals surface area contributed by atoms with Crippen LogP contribution >= 0.6 is 0 Å².